The van der Waals surface area contributed by atoms with Crippen LogP contribution in [0.25, 0.3) is 0 Å². The third kappa shape index (κ3) is 4.70. The Bertz CT molecular complexity index is 751. The van der Waals surface area contributed by atoms with E-state index in [9.17, 15) is 4.79 Å². The Morgan fingerprint density at radius 1 is 1.04 bits per heavy atom. The number of hydrogen-bond acceptors (Lipinski definition) is 2. The van der Waals surface area contributed by atoms with E-state index in [4.69, 9.17) is 51.1 Å². The summed E-state index contributed by atoms with van der Waals surface area (Å²) in [5, 5.41) is 4.50. The van der Waals surface area contributed by atoms with Crippen molar-refractivity contribution in [2.75, 3.05) is 0 Å². The van der Waals surface area contributed by atoms with Crippen molar-refractivity contribution in [3.05, 3.63) is 62.1 Å². The van der Waals surface area contributed by atoms with Gasteiger partial charge in [0.05, 0.1) is 11.1 Å². The molecular formula is C17H15Cl4NO2. The van der Waals surface area contributed by atoms with Gasteiger partial charge in [-0.25, -0.2) is 0 Å². The molecule has 2 aromatic carbocycles. The number of benzene rings is 2. The predicted octanol–water partition coefficient (Wildman–Crippen LogP) is 5.94. The molecule has 0 aliphatic rings. The minimum absolute atomic E-state index is 0.271. The van der Waals surface area contributed by atoms with Crippen LogP contribution in [0.4, 0.5) is 0 Å². The van der Waals surface area contributed by atoms with Crippen molar-refractivity contribution in [2.24, 2.45) is 0 Å². The molecule has 3 nitrogen and oxygen atoms in total. The van der Waals surface area contributed by atoms with Gasteiger partial charge >= 0.3 is 0 Å². The molecule has 2 aromatic rings. The summed E-state index contributed by atoms with van der Waals surface area (Å²) >= 11 is 24.0. The number of ether oxygens (including phenoxy) is 1. The van der Waals surface area contributed by atoms with Gasteiger partial charge < -0.3 is 10.1 Å². The first kappa shape index (κ1) is 19.2. The molecule has 1 N–H and O–H groups in total. The predicted molar refractivity (Wildman–Crippen MR) is 99.6 cm³/mol. The lowest BCUT2D eigenvalue weighted by atomic mass is 10.1. The molecule has 128 valence electrons. The molecule has 1 amide bonds. The summed E-state index contributed by atoms with van der Waals surface area (Å²) in [6.07, 6.45) is -0.755. The van der Waals surface area contributed by atoms with Gasteiger partial charge in [0, 0.05) is 10.0 Å². The van der Waals surface area contributed by atoms with Crippen molar-refractivity contribution in [1.29, 1.82) is 0 Å². The molecule has 7 heteroatoms. The van der Waals surface area contributed by atoms with Crippen molar-refractivity contribution >= 4 is 52.3 Å². The third-order valence-electron chi connectivity index (χ3n) is 3.38. The Labute approximate surface area is 160 Å². The van der Waals surface area contributed by atoms with Crippen LogP contribution in [-0.4, -0.2) is 12.0 Å². The SMILES string of the molecule is C[C@H](Oc1cccc(Cl)c1Cl)C(=O)N[C@H](C)c1ccc(Cl)cc1Cl. The first-order chi connectivity index (χ1) is 11.3. The van der Waals surface area contributed by atoms with Gasteiger partial charge in [0.25, 0.3) is 5.91 Å². The number of rotatable bonds is 5. The van der Waals surface area contributed by atoms with Crippen LogP contribution in [-0.2, 0) is 4.79 Å². The van der Waals surface area contributed by atoms with Crippen LogP contribution in [0.3, 0.4) is 0 Å². The molecule has 0 fully saturated rings. The fourth-order valence-corrected chi connectivity index (χ4v) is 2.99. The van der Waals surface area contributed by atoms with E-state index in [0.29, 0.717) is 20.8 Å². The maximum absolute atomic E-state index is 12.3. The summed E-state index contributed by atoms with van der Waals surface area (Å²) in [5.41, 5.74) is 0.766. The van der Waals surface area contributed by atoms with Gasteiger partial charge in [-0.1, -0.05) is 58.5 Å². The lowest BCUT2D eigenvalue weighted by Crippen LogP contribution is -2.37. The summed E-state index contributed by atoms with van der Waals surface area (Å²) in [7, 11) is 0. The molecule has 2 rings (SSSR count). The molecule has 0 spiro atoms. The van der Waals surface area contributed by atoms with Gasteiger partial charge in [-0.15, -0.1) is 0 Å². The minimum atomic E-state index is -0.755. The highest BCUT2D eigenvalue weighted by Gasteiger charge is 2.20. The van der Waals surface area contributed by atoms with Crippen molar-refractivity contribution < 1.29 is 9.53 Å². The van der Waals surface area contributed by atoms with E-state index in [1.807, 2.05) is 6.92 Å². The van der Waals surface area contributed by atoms with E-state index in [1.54, 1.807) is 43.3 Å². The highest BCUT2D eigenvalue weighted by Crippen LogP contribution is 2.32. The second-order valence-corrected chi connectivity index (χ2v) is 6.84. The maximum Gasteiger partial charge on any atom is 0.261 e. The Balaban J connectivity index is 2.04. The number of nitrogens with one attached hydrogen (secondary N) is 1. The summed E-state index contributed by atoms with van der Waals surface area (Å²) in [6.45, 7) is 3.45. The average molecular weight is 407 g/mol. The zero-order valence-corrected chi connectivity index (χ0v) is 16.0. The van der Waals surface area contributed by atoms with Crippen LogP contribution in [0.5, 0.6) is 5.75 Å². The fraction of sp³-hybridized carbons (Fsp3) is 0.235. The topological polar surface area (TPSA) is 38.3 Å². The van der Waals surface area contributed by atoms with E-state index < -0.39 is 6.10 Å². The van der Waals surface area contributed by atoms with E-state index in [-0.39, 0.29) is 17.0 Å². The highest BCUT2D eigenvalue weighted by molar-refractivity contribution is 6.42. The van der Waals surface area contributed by atoms with Gasteiger partial charge in [-0.05, 0) is 43.7 Å². The molecule has 0 heterocycles. The normalized spacial score (nSPS) is 13.2. The Morgan fingerprint density at radius 3 is 2.42 bits per heavy atom. The van der Waals surface area contributed by atoms with Gasteiger partial charge in [0.15, 0.2) is 6.10 Å². The van der Waals surface area contributed by atoms with Crippen LogP contribution in [0.1, 0.15) is 25.5 Å². The largest absolute Gasteiger partial charge is 0.479 e. The smallest absolute Gasteiger partial charge is 0.261 e. The molecular weight excluding hydrogens is 392 g/mol. The van der Waals surface area contributed by atoms with Gasteiger partial charge in [0.2, 0.25) is 0 Å². The summed E-state index contributed by atoms with van der Waals surface area (Å²) in [6, 6.07) is 9.82. The summed E-state index contributed by atoms with van der Waals surface area (Å²) in [5.74, 6) is 0.0496. The van der Waals surface area contributed by atoms with Crippen molar-refractivity contribution in [3.8, 4) is 5.75 Å². The van der Waals surface area contributed by atoms with Crippen LogP contribution in [0, 0.1) is 0 Å². The number of carbonyl (C=O) groups excluding carboxylic acids is 1. The lowest BCUT2D eigenvalue weighted by molar-refractivity contribution is -0.127. The zero-order valence-electron chi connectivity index (χ0n) is 12.9. The van der Waals surface area contributed by atoms with E-state index in [2.05, 4.69) is 5.32 Å². The Kier molecular flexibility index (Phi) is 6.64. The van der Waals surface area contributed by atoms with Crippen molar-refractivity contribution in [1.82, 2.24) is 5.32 Å². The standard InChI is InChI=1S/C17H15Cl4NO2/c1-9(12-7-6-11(18)8-14(12)20)22-17(23)10(2)24-15-5-3-4-13(19)16(15)21/h3-10H,1-2H3,(H,22,23)/t9-,10+/m1/s1. The molecule has 24 heavy (non-hydrogen) atoms. The summed E-state index contributed by atoms with van der Waals surface area (Å²) in [4.78, 5) is 12.3. The van der Waals surface area contributed by atoms with E-state index in [1.165, 1.54) is 0 Å². The zero-order chi connectivity index (χ0) is 17.9. The second kappa shape index (κ2) is 8.30. The van der Waals surface area contributed by atoms with Crippen LogP contribution < -0.4 is 10.1 Å². The Hall–Kier alpha value is -1.13. The van der Waals surface area contributed by atoms with Crippen molar-refractivity contribution in [3.63, 3.8) is 0 Å². The van der Waals surface area contributed by atoms with Crippen LogP contribution >= 0.6 is 46.4 Å². The maximum atomic E-state index is 12.3. The van der Waals surface area contributed by atoms with Gasteiger partial charge in [0.1, 0.15) is 10.8 Å². The monoisotopic (exact) mass is 405 g/mol. The number of halogens is 4. The first-order valence-electron chi connectivity index (χ1n) is 7.15. The van der Waals surface area contributed by atoms with Crippen LogP contribution in [0.2, 0.25) is 20.1 Å². The molecule has 0 saturated carbocycles. The third-order valence-corrected chi connectivity index (χ3v) is 4.74. The highest BCUT2D eigenvalue weighted by atomic mass is 35.5. The quantitative estimate of drug-likeness (QED) is 0.666. The first-order valence-corrected chi connectivity index (χ1v) is 8.66. The molecule has 0 aromatic heterocycles. The van der Waals surface area contributed by atoms with Gasteiger partial charge in [-0.3, -0.25) is 4.79 Å². The fourth-order valence-electron chi connectivity index (χ4n) is 2.08. The van der Waals surface area contributed by atoms with Crippen LogP contribution in [0.15, 0.2) is 36.4 Å². The lowest BCUT2D eigenvalue weighted by Gasteiger charge is -2.20. The minimum Gasteiger partial charge on any atom is -0.479 e. The van der Waals surface area contributed by atoms with E-state index >= 15 is 0 Å². The average Bonchev–Trinajstić information content (AvgIpc) is 2.51. The number of carbonyl (C=O) groups is 1. The number of amides is 1. The summed E-state index contributed by atoms with van der Waals surface area (Å²) < 4.78 is 5.59. The molecule has 0 bridgehead atoms. The molecule has 0 unspecified atom stereocenters. The molecule has 2 atom stereocenters. The van der Waals surface area contributed by atoms with Crippen molar-refractivity contribution in [2.45, 2.75) is 26.0 Å². The molecule has 0 aliphatic heterocycles. The van der Waals surface area contributed by atoms with E-state index in [0.717, 1.165) is 5.56 Å². The number of hydrogen-bond donors (Lipinski definition) is 1. The van der Waals surface area contributed by atoms with Gasteiger partial charge in [-0.2, -0.15) is 0 Å². The molecule has 0 radical (unpaired) electrons. The second-order valence-electron chi connectivity index (χ2n) is 5.21. The Morgan fingerprint density at radius 2 is 1.75 bits per heavy atom. The molecule has 0 saturated heterocycles. The molecule has 0 aliphatic carbocycles.